The maximum absolute atomic E-state index is 5.28. The van der Waals surface area contributed by atoms with Crippen LogP contribution < -0.4 is 5.32 Å². The largest absolute Gasteiger partial charge is 0.382 e. The molecule has 2 nitrogen and oxygen atoms in total. The molecule has 0 bridgehead atoms. The van der Waals surface area contributed by atoms with E-state index in [1.165, 1.54) is 12.0 Å². The highest BCUT2D eigenvalue weighted by atomic mass is 79.9. The van der Waals surface area contributed by atoms with E-state index in [4.69, 9.17) is 4.74 Å². The smallest absolute Gasteiger partial charge is 0.0466 e. The van der Waals surface area contributed by atoms with Crippen molar-refractivity contribution in [1.82, 2.24) is 5.32 Å². The molecule has 1 aromatic carbocycles. The first kappa shape index (κ1) is 13.7. The summed E-state index contributed by atoms with van der Waals surface area (Å²) >= 11 is 3.43. The van der Waals surface area contributed by atoms with Crippen LogP contribution in [0.3, 0.4) is 0 Å². The van der Waals surface area contributed by atoms with E-state index in [2.05, 4.69) is 45.5 Å². The van der Waals surface area contributed by atoms with E-state index in [-0.39, 0.29) is 0 Å². The van der Waals surface area contributed by atoms with Crippen molar-refractivity contribution in [3.8, 4) is 0 Å². The molecule has 0 aliphatic rings. The van der Waals surface area contributed by atoms with Crippen molar-refractivity contribution < 1.29 is 4.74 Å². The second-order valence-corrected chi connectivity index (χ2v) is 4.62. The molecule has 1 rings (SSSR count). The van der Waals surface area contributed by atoms with Crippen molar-refractivity contribution >= 4 is 15.9 Å². The van der Waals surface area contributed by atoms with Gasteiger partial charge in [-0.1, -0.05) is 28.1 Å². The van der Waals surface area contributed by atoms with E-state index >= 15 is 0 Å². The van der Waals surface area contributed by atoms with Gasteiger partial charge in [-0.3, -0.25) is 0 Å². The SMILES string of the molecule is CCOCCCCNCc1ccc(Br)cc1. The molecular weight excluding hydrogens is 266 g/mol. The molecule has 0 fully saturated rings. The fourth-order valence-corrected chi connectivity index (χ4v) is 1.70. The average Bonchev–Trinajstić information content (AvgIpc) is 2.30. The summed E-state index contributed by atoms with van der Waals surface area (Å²) in [6.07, 6.45) is 2.32. The van der Waals surface area contributed by atoms with Gasteiger partial charge >= 0.3 is 0 Å². The van der Waals surface area contributed by atoms with Crippen LogP contribution in [0.1, 0.15) is 25.3 Å². The normalized spacial score (nSPS) is 10.6. The van der Waals surface area contributed by atoms with Crippen molar-refractivity contribution in [2.24, 2.45) is 0 Å². The van der Waals surface area contributed by atoms with Gasteiger partial charge in [-0.25, -0.2) is 0 Å². The molecule has 0 unspecified atom stereocenters. The monoisotopic (exact) mass is 285 g/mol. The minimum absolute atomic E-state index is 0.826. The predicted molar refractivity (Wildman–Crippen MR) is 71.6 cm³/mol. The van der Waals surface area contributed by atoms with Gasteiger partial charge in [-0.05, 0) is 44.0 Å². The standard InChI is InChI=1S/C13H20BrNO/c1-2-16-10-4-3-9-15-11-12-5-7-13(14)8-6-12/h5-8,15H,2-4,9-11H2,1H3. The Morgan fingerprint density at radius 3 is 2.62 bits per heavy atom. The quantitative estimate of drug-likeness (QED) is 0.740. The summed E-state index contributed by atoms with van der Waals surface area (Å²) in [5.41, 5.74) is 1.33. The Bertz CT molecular complexity index is 274. The molecule has 0 spiro atoms. The lowest BCUT2D eigenvalue weighted by Crippen LogP contribution is -2.15. The minimum Gasteiger partial charge on any atom is -0.382 e. The summed E-state index contributed by atoms with van der Waals surface area (Å²) in [5.74, 6) is 0. The Labute approximate surface area is 107 Å². The lowest BCUT2D eigenvalue weighted by Gasteiger charge is -2.05. The summed E-state index contributed by atoms with van der Waals surface area (Å²) in [6.45, 7) is 5.75. The highest BCUT2D eigenvalue weighted by Crippen LogP contribution is 2.10. The van der Waals surface area contributed by atoms with Crippen molar-refractivity contribution in [3.05, 3.63) is 34.3 Å². The van der Waals surface area contributed by atoms with Gasteiger partial charge in [0.1, 0.15) is 0 Å². The zero-order valence-corrected chi connectivity index (χ0v) is 11.4. The first-order valence-corrected chi connectivity index (χ1v) is 6.65. The number of rotatable bonds is 8. The van der Waals surface area contributed by atoms with Gasteiger partial charge in [-0.15, -0.1) is 0 Å². The van der Waals surface area contributed by atoms with Crippen LogP contribution in [-0.4, -0.2) is 19.8 Å². The number of halogens is 1. The Kier molecular flexibility index (Phi) is 7.47. The molecule has 0 radical (unpaired) electrons. The lowest BCUT2D eigenvalue weighted by molar-refractivity contribution is 0.143. The number of unbranched alkanes of at least 4 members (excludes halogenated alkanes) is 1. The first-order valence-electron chi connectivity index (χ1n) is 5.86. The van der Waals surface area contributed by atoms with E-state index < -0.39 is 0 Å². The molecule has 0 heterocycles. The lowest BCUT2D eigenvalue weighted by atomic mass is 10.2. The Hall–Kier alpha value is -0.380. The molecule has 0 saturated carbocycles. The maximum atomic E-state index is 5.28. The summed E-state index contributed by atoms with van der Waals surface area (Å²) < 4.78 is 6.41. The zero-order chi connectivity index (χ0) is 11.6. The highest BCUT2D eigenvalue weighted by molar-refractivity contribution is 9.10. The molecule has 0 saturated heterocycles. The molecule has 1 aromatic rings. The van der Waals surface area contributed by atoms with E-state index in [1.807, 2.05) is 6.92 Å². The number of hydrogen-bond acceptors (Lipinski definition) is 2. The number of benzene rings is 1. The summed E-state index contributed by atoms with van der Waals surface area (Å²) in [6, 6.07) is 8.42. The van der Waals surface area contributed by atoms with Crippen LogP contribution in [0.5, 0.6) is 0 Å². The second kappa shape index (κ2) is 8.74. The third-order valence-electron chi connectivity index (χ3n) is 2.34. The molecule has 0 atom stereocenters. The molecule has 0 aliphatic carbocycles. The molecule has 3 heteroatoms. The van der Waals surface area contributed by atoms with Gasteiger partial charge in [0.2, 0.25) is 0 Å². The van der Waals surface area contributed by atoms with Crippen molar-refractivity contribution in [3.63, 3.8) is 0 Å². The van der Waals surface area contributed by atoms with Crippen LogP contribution >= 0.6 is 15.9 Å². The second-order valence-electron chi connectivity index (χ2n) is 3.71. The maximum Gasteiger partial charge on any atom is 0.0466 e. The molecule has 90 valence electrons. The van der Waals surface area contributed by atoms with Crippen LogP contribution in [0, 0.1) is 0 Å². The molecule has 1 N–H and O–H groups in total. The predicted octanol–water partition coefficient (Wildman–Crippen LogP) is 3.36. The van der Waals surface area contributed by atoms with Crippen molar-refractivity contribution in [2.75, 3.05) is 19.8 Å². The van der Waals surface area contributed by atoms with E-state index in [9.17, 15) is 0 Å². The van der Waals surface area contributed by atoms with Gasteiger partial charge in [0.05, 0.1) is 0 Å². The number of nitrogens with one attached hydrogen (secondary N) is 1. The van der Waals surface area contributed by atoms with Crippen LogP contribution in [0.25, 0.3) is 0 Å². The van der Waals surface area contributed by atoms with Crippen molar-refractivity contribution in [1.29, 1.82) is 0 Å². The fourth-order valence-electron chi connectivity index (χ4n) is 1.43. The summed E-state index contributed by atoms with van der Waals surface area (Å²) in [5, 5.41) is 3.43. The fraction of sp³-hybridized carbons (Fsp3) is 0.538. The molecular formula is C13H20BrNO. The highest BCUT2D eigenvalue weighted by Gasteiger charge is 1.93. The summed E-state index contributed by atoms with van der Waals surface area (Å²) in [4.78, 5) is 0. The van der Waals surface area contributed by atoms with Gasteiger partial charge in [0.15, 0.2) is 0 Å². The van der Waals surface area contributed by atoms with Crippen LogP contribution in [0.2, 0.25) is 0 Å². The van der Waals surface area contributed by atoms with Gasteiger partial charge < -0.3 is 10.1 Å². The Balaban J connectivity index is 2.01. The molecule has 0 aromatic heterocycles. The topological polar surface area (TPSA) is 21.3 Å². The van der Waals surface area contributed by atoms with E-state index in [1.54, 1.807) is 0 Å². The Morgan fingerprint density at radius 2 is 1.94 bits per heavy atom. The van der Waals surface area contributed by atoms with E-state index in [0.29, 0.717) is 0 Å². The first-order chi connectivity index (χ1) is 7.83. The van der Waals surface area contributed by atoms with Crippen LogP contribution in [0.4, 0.5) is 0 Å². The Morgan fingerprint density at radius 1 is 1.19 bits per heavy atom. The zero-order valence-electron chi connectivity index (χ0n) is 9.84. The summed E-state index contributed by atoms with van der Waals surface area (Å²) in [7, 11) is 0. The van der Waals surface area contributed by atoms with Gasteiger partial charge in [0.25, 0.3) is 0 Å². The number of ether oxygens (including phenoxy) is 1. The van der Waals surface area contributed by atoms with Gasteiger partial charge in [-0.2, -0.15) is 0 Å². The third-order valence-corrected chi connectivity index (χ3v) is 2.87. The molecule has 0 aliphatic heterocycles. The van der Waals surface area contributed by atoms with Crippen LogP contribution in [0.15, 0.2) is 28.7 Å². The molecule has 0 amide bonds. The van der Waals surface area contributed by atoms with E-state index in [0.717, 1.165) is 37.2 Å². The minimum atomic E-state index is 0.826. The molecule has 16 heavy (non-hydrogen) atoms. The van der Waals surface area contributed by atoms with Crippen molar-refractivity contribution in [2.45, 2.75) is 26.3 Å². The average molecular weight is 286 g/mol. The van der Waals surface area contributed by atoms with Gasteiger partial charge in [0, 0.05) is 24.2 Å². The number of hydrogen-bond donors (Lipinski definition) is 1. The third kappa shape index (κ3) is 6.26. The van der Waals surface area contributed by atoms with Crippen LogP contribution in [-0.2, 0) is 11.3 Å².